The smallest absolute Gasteiger partial charge is 0.262 e. The molecular weight excluding hydrogens is 408 g/mol. The van der Waals surface area contributed by atoms with Crippen LogP contribution in [0.3, 0.4) is 0 Å². The number of benzene rings is 3. The highest BCUT2D eigenvalue weighted by molar-refractivity contribution is 6.31. The molecule has 1 saturated heterocycles. The molecule has 0 radical (unpaired) electrons. The Morgan fingerprint density at radius 1 is 0.903 bits per heavy atom. The molecule has 1 N–H and O–H groups in total. The van der Waals surface area contributed by atoms with Crippen LogP contribution in [0.1, 0.15) is 25.7 Å². The Labute approximate surface area is 188 Å². The maximum atomic E-state index is 12.8. The third-order valence-corrected chi connectivity index (χ3v) is 5.75. The number of rotatable bonds is 6. The summed E-state index contributed by atoms with van der Waals surface area (Å²) >= 11 is 6.23. The highest BCUT2D eigenvalue weighted by Gasteiger charge is 2.16. The molecule has 0 bridgehead atoms. The summed E-state index contributed by atoms with van der Waals surface area (Å²) in [4.78, 5) is 15.1. The molecular formula is C26H27ClN2O2. The lowest BCUT2D eigenvalue weighted by molar-refractivity contribution is -0.118. The van der Waals surface area contributed by atoms with Crippen LogP contribution >= 0.6 is 11.6 Å². The summed E-state index contributed by atoms with van der Waals surface area (Å²) in [5.41, 5.74) is 3.77. The molecule has 1 aliphatic rings. The van der Waals surface area contributed by atoms with Gasteiger partial charge in [0.05, 0.1) is 11.4 Å². The number of halogens is 1. The van der Waals surface area contributed by atoms with Crippen molar-refractivity contribution in [2.45, 2.75) is 25.7 Å². The number of anilines is 2. The van der Waals surface area contributed by atoms with Crippen LogP contribution in [-0.4, -0.2) is 25.6 Å². The normalized spacial score (nSPS) is 14.0. The second kappa shape index (κ2) is 10.4. The summed E-state index contributed by atoms with van der Waals surface area (Å²) in [6.45, 7) is 1.91. The van der Waals surface area contributed by atoms with Crippen LogP contribution in [0.2, 0.25) is 5.02 Å². The number of para-hydroxylation sites is 1. The minimum Gasteiger partial charge on any atom is -0.483 e. The van der Waals surface area contributed by atoms with Crippen molar-refractivity contribution in [1.29, 1.82) is 0 Å². The highest BCUT2D eigenvalue weighted by Crippen LogP contribution is 2.32. The number of amides is 1. The van der Waals surface area contributed by atoms with Gasteiger partial charge in [0.1, 0.15) is 5.75 Å². The zero-order valence-corrected chi connectivity index (χ0v) is 18.3. The SMILES string of the molecule is O=C(COc1ccccc1-c1ccccc1)Nc1cc(Cl)ccc1N1CCCCCC1. The Kier molecular flexibility index (Phi) is 7.11. The van der Waals surface area contributed by atoms with Crippen molar-refractivity contribution in [2.75, 3.05) is 29.9 Å². The van der Waals surface area contributed by atoms with Gasteiger partial charge in [-0.05, 0) is 42.7 Å². The molecule has 0 saturated carbocycles. The molecule has 4 nitrogen and oxygen atoms in total. The first-order valence-corrected chi connectivity index (χ1v) is 11.2. The molecule has 3 aromatic rings. The lowest BCUT2D eigenvalue weighted by Gasteiger charge is -2.25. The molecule has 0 spiro atoms. The average Bonchev–Trinajstić information content (AvgIpc) is 3.08. The van der Waals surface area contributed by atoms with Gasteiger partial charge in [0.25, 0.3) is 5.91 Å². The predicted octanol–water partition coefficient (Wildman–Crippen LogP) is 6.40. The van der Waals surface area contributed by atoms with Crippen LogP contribution < -0.4 is 15.0 Å². The molecule has 1 fully saturated rings. The first-order valence-electron chi connectivity index (χ1n) is 10.8. The van der Waals surface area contributed by atoms with Crippen molar-refractivity contribution >= 4 is 28.9 Å². The van der Waals surface area contributed by atoms with Crippen LogP contribution in [0.25, 0.3) is 11.1 Å². The molecule has 1 aliphatic heterocycles. The number of carbonyl (C=O) groups is 1. The van der Waals surface area contributed by atoms with Gasteiger partial charge in [-0.2, -0.15) is 0 Å². The molecule has 0 unspecified atom stereocenters. The molecule has 1 amide bonds. The van der Waals surface area contributed by atoms with Gasteiger partial charge in [-0.25, -0.2) is 0 Å². The van der Waals surface area contributed by atoms with Gasteiger partial charge in [0.15, 0.2) is 6.61 Å². The van der Waals surface area contributed by atoms with E-state index < -0.39 is 0 Å². The Morgan fingerprint density at radius 3 is 2.39 bits per heavy atom. The van der Waals surface area contributed by atoms with Crippen LogP contribution in [0, 0.1) is 0 Å². The van der Waals surface area contributed by atoms with Crippen LogP contribution in [0.15, 0.2) is 72.8 Å². The van der Waals surface area contributed by atoms with Gasteiger partial charge in [-0.3, -0.25) is 4.79 Å². The molecule has 5 heteroatoms. The molecule has 160 valence electrons. The maximum Gasteiger partial charge on any atom is 0.262 e. The van der Waals surface area contributed by atoms with Crippen molar-refractivity contribution < 1.29 is 9.53 Å². The van der Waals surface area contributed by atoms with E-state index in [4.69, 9.17) is 16.3 Å². The lowest BCUT2D eigenvalue weighted by atomic mass is 10.1. The second-order valence-electron chi connectivity index (χ2n) is 7.76. The monoisotopic (exact) mass is 434 g/mol. The fraction of sp³-hybridized carbons (Fsp3) is 0.269. The van der Waals surface area contributed by atoms with Crippen molar-refractivity contribution in [1.82, 2.24) is 0 Å². The van der Waals surface area contributed by atoms with Crippen LogP contribution in [0.4, 0.5) is 11.4 Å². The van der Waals surface area contributed by atoms with Crippen molar-refractivity contribution in [3.05, 3.63) is 77.8 Å². The van der Waals surface area contributed by atoms with Gasteiger partial charge >= 0.3 is 0 Å². The van der Waals surface area contributed by atoms with E-state index in [-0.39, 0.29) is 12.5 Å². The highest BCUT2D eigenvalue weighted by atomic mass is 35.5. The molecule has 31 heavy (non-hydrogen) atoms. The number of carbonyl (C=O) groups excluding carboxylic acids is 1. The molecule has 0 aliphatic carbocycles. The number of nitrogens with zero attached hydrogens (tertiary/aromatic N) is 1. The number of hydrogen-bond acceptors (Lipinski definition) is 3. The Hall–Kier alpha value is -2.98. The summed E-state index contributed by atoms with van der Waals surface area (Å²) in [5, 5.41) is 3.61. The topological polar surface area (TPSA) is 41.6 Å². The summed E-state index contributed by atoms with van der Waals surface area (Å²) in [6.07, 6.45) is 4.83. The van der Waals surface area contributed by atoms with E-state index in [1.807, 2.05) is 72.8 Å². The van der Waals surface area contributed by atoms with Crippen LogP contribution in [0.5, 0.6) is 5.75 Å². The summed E-state index contributed by atoms with van der Waals surface area (Å²) < 4.78 is 5.90. The van der Waals surface area contributed by atoms with Gasteiger partial charge in [0.2, 0.25) is 0 Å². The van der Waals surface area contributed by atoms with Gasteiger partial charge < -0.3 is 15.0 Å². The zero-order valence-electron chi connectivity index (χ0n) is 17.5. The van der Waals surface area contributed by atoms with Crippen molar-refractivity contribution in [3.8, 4) is 16.9 Å². The van der Waals surface area contributed by atoms with Crippen molar-refractivity contribution in [3.63, 3.8) is 0 Å². The Balaban J connectivity index is 1.46. The van der Waals surface area contributed by atoms with E-state index in [1.165, 1.54) is 12.8 Å². The third-order valence-electron chi connectivity index (χ3n) is 5.51. The summed E-state index contributed by atoms with van der Waals surface area (Å²) in [6, 6.07) is 23.5. The number of nitrogens with one attached hydrogen (secondary N) is 1. The summed E-state index contributed by atoms with van der Waals surface area (Å²) in [7, 11) is 0. The average molecular weight is 435 g/mol. The van der Waals surface area contributed by atoms with E-state index in [0.717, 1.165) is 48.4 Å². The first-order chi connectivity index (χ1) is 15.2. The molecule has 3 aromatic carbocycles. The number of ether oxygens (including phenoxy) is 1. The summed E-state index contributed by atoms with van der Waals surface area (Å²) in [5.74, 6) is 0.476. The predicted molar refractivity (Wildman–Crippen MR) is 128 cm³/mol. The van der Waals surface area contributed by atoms with Crippen molar-refractivity contribution in [2.24, 2.45) is 0 Å². The van der Waals surface area contributed by atoms with E-state index in [0.29, 0.717) is 10.8 Å². The zero-order chi connectivity index (χ0) is 21.5. The third kappa shape index (κ3) is 5.59. The minimum absolute atomic E-state index is 0.0736. The van der Waals surface area contributed by atoms with E-state index >= 15 is 0 Å². The van der Waals surface area contributed by atoms with E-state index in [9.17, 15) is 4.79 Å². The minimum atomic E-state index is -0.207. The fourth-order valence-electron chi connectivity index (χ4n) is 3.97. The lowest BCUT2D eigenvalue weighted by Crippen LogP contribution is -2.27. The fourth-order valence-corrected chi connectivity index (χ4v) is 4.15. The molecule has 0 aromatic heterocycles. The van der Waals surface area contributed by atoms with E-state index in [2.05, 4.69) is 10.2 Å². The molecule has 1 heterocycles. The quantitative estimate of drug-likeness (QED) is 0.487. The Morgan fingerprint density at radius 2 is 1.61 bits per heavy atom. The Bertz CT molecular complexity index is 1010. The molecule has 4 rings (SSSR count). The molecule has 0 atom stereocenters. The van der Waals surface area contributed by atoms with E-state index in [1.54, 1.807) is 0 Å². The maximum absolute atomic E-state index is 12.8. The van der Waals surface area contributed by atoms with Gasteiger partial charge in [0, 0.05) is 23.7 Å². The number of hydrogen-bond donors (Lipinski definition) is 1. The van der Waals surface area contributed by atoms with Gasteiger partial charge in [-0.15, -0.1) is 0 Å². The van der Waals surface area contributed by atoms with Crippen LogP contribution in [-0.2, 0) is 4.79 Å². The largest absolute Gasteiger partial charge is 0.483 e. The first kappa shape index (κ1) is 21.3. The van der Waals surface area contributed by atoms with Gasteiger partial charge in [-0.1, -0.05) is 73.0 Å². The standard InChI is InChI=1S/C26H27ClN2O2/c27-21-14-15-24(29-16-8-1-2-9-17-29)23(18-21)28-26(30)19-31-25-13-7-6-12-22(25)20-10-4-3-5-11-20/h3-7,10-15,18H,1-2,8-9,16-17,19H2,(H,28,30). The second-order valence-corrected chi connectivity index (χ2v) is 8.20.